The second-order valence-electron chi connectivity index (χ2n) is 5.43. The molecule has 0 bridgehead atoms. The maximum Gasteiger partial charge on any atom is 0.191 e. The molecule has 1 heterocycles. The molecular weight excluding hydrogens is 298 g/mol. The molecule has 1 fully saturated rings. The number of guanidine groups is 1. The summed E-state index contributed by atoms with van der Waals surface area (Å²) in [5, 5.41) is 16.8. The summed E-state index contributed by atoms with van der Waals surface area (Å²) >= 11 is 1.80. The van der Waals surface area contributed by atoms with Crippen LogP contribution in [0.2, 0.25) is 0 Å². The highest BCUT2D eigenvalue weighted by molar-refractivity contribution is 7.99. The minimum absolute atomic E-state index is 0.532. The molecule has 1 unspecified atom stereocenters. The molecular formula is C16H25N3O2S. The first-order valence-electron chi connectivity index (χ1n) is 7.60. The molecule has 1 saturated heterocycles. The van der Waals surface area contributed by atoms with Crippen LogP contribution in [-0.4, -0.2) is 48.4 Å². The molecule has 0 aliphatic carbocycles. The van der Waals surface area contributed by atoms with Gasteiger partial charge in [-0.05, 0) is 36.8 Å². The van der Waals surface area contributed by atoms with Gasteiger partial charge in [0, 0.05) is 18.8 Å². The standard InChI is InChI=1S/C16H25N3O2S/c1-3-17-15(19-11-16(20)7-8-22-12-16)18-10-13-5-4-6-14(9-13)21-2/h4-6,9,20H,3,7-8,10-12H2,1-2H3,(H2,17,18,19). The number of hydrogen-bond acceptors (Lipinski definition) is 4. The average Bonchev–Trinajstić information content (AvgIpc) is 2.97. The Labute approximate surface area is 136 Å². The number of aliphatic hydroxyl groups is 1. The molecule has 5 nitrogen and oxygen atoms in total. The zero-order valence-corrected chi connectivity index (χ0v) is 14.1. The molecule has 0 amide bonds. The number of ether oxygens (including phenoxy) is 1. The van der Waals surface area contributed by atoms with E-state index in [1.54, 1.807) is 18.9 Å². The zero-order chi connectivity index (χ0) is 15.8. The lowest BCUT2D eigenvalue weighted by molar-refractivity contribution is 0.0724. The van der Waals surface area contributed by atoms with Crippen LogP contribution in [0, 0.1) is 0 Å². The Hall–Kier alpha value is -1.40. The third-order valence-electron chi connectivity index (χ3n) is 3.57. The van der Waals surface area contributed by atoms with Gasteiger partial charge in [-0.3, -0.25) is 0 Å². The van der Waals surface area contributed by atoms with Crippen molar-refractivity contribution in [2.24, 2.45) is 4.99 Å². The van der Waals surface area contributed by atoms with E-state index in [1.165, 1.54) is 0 Å². The fraction of sp³-hybridized carbons (Fsp3) is 0.562. The Balaban J connectivity index is 1.93. The van der Waals surface area contributed by atoms with Gasteiger partial charge in [0.05, 0.1) is 19.3 Å². The van der Waals surface area contributed by atoms with Gasteiger partial charge in [0.25, 0.3) is 0 Å². The highest BCUT2D eigenvalue weighted by Gasteiger charge is 2.31. The Morgan fingerprint density at radius 1 is 1.45 bits per heavy atom. The van der Waals surface area contributed by atoms with E-state index >= 15 is 0 Å². The highest BCUT2D eigenvalue weighted by Crippen LogP contribution is 2.26. The summed E-state index contributed by atoms with van der Waals surface area (Å²) in [4.78, 5) is 4.57. The van der Waals surface area contributed by atoms with Crippen LogP contribution in [0.5, 0.6) is 5.75 Å². The molecule has 1 aliphatic rings. The number of rotatable bonds is 6. The van der Waals surface area contributed by atoms with Crippen molar-refractivity contribution in [1.82, 2.24) is 10.6 Å². The number of methoxy groups -OCH3 is 1. The van der Waals surface area contributed by atoms with E-state index in [4.69, 9.17) is 4.74 Å². The number of nitrogens with one attached hydrogen (secondary N) is 2. The van der Waals surface area contributed by atoms with Gasteiger partial charge in [0.15, 0.2) is 5.96 Å². The number of thioether (sulfide) groups is 1. The molecule has 1 aromatic carbocycles. The quantitative estimate of drug-likeness (QED) is 0.548. The van der Waals surface area contributed by atoms with E-state index in [-0.39, 0.29) is 0 Å². The smallest absolute Gasteiger partial charge is 0.191 e. The Morgan fingerprint density at radius 2 is 2.32 bits per heavy atom. The van der Waals surface area contributed by atoms with E-state index in [0.717, 1.165) is 41.7 Å². The van der Waals surface area contributed by atoms with Gasteiger partial charge in [-0.1, -0.05) is 12.1 Å². The topological polar surface area (TPSA) is 65.9 Å². The van der Waals surface area contributed by atoms with Gasteiger partial charge in [0.2, 0.25) is 0 Å². The average molecular weight is 323 g/mol. The molecule has 1 aliphatic heterocycles. The molecule has 6 heteroatoms. The van der Waals surface area contributed by atoms with E-state index in [9.17, 15) is 5.11 Å². The van der Waals surface area contributed by atoms with Gasteiger partial charge < -0.3 is 20.5 Å². The molecule has 0 saturated carbocycles. The van der Waals surface area contributed by atoms with E-state index in [1.807, 2.05) is 31.2 Å². The molecule has 3 N–H and O–H groups in total. The number of aliphatic imine (C=N–C) groups is 1. The normalized spacial score (nSPS) is 21.7. The summed E-state index contributed by atoms with van der Waals surface area (Å²) in [5.74, 6) is 3.38. The van der Waals surface area contributed by atoms with Crippen molar-refractivity contribution in [2.45, 2.75) is 25.5 Å². The van der Waals surface area contributed by atoms with Crippen LogP contribution in [0.25, 0.3) is 0 Å². The Bertz CT molecular complexity index is 502. The lowest BCUT2D eigenvalue weighted by atomic mass is 10.0. The van der Waals surface area contributed by atoms with Gasteiger partial charge in [-0.2, -0.15) is 11.8 Å². The van der Waals surface area contributed by atoms with Gasteiger partial charge >= 0.3 is 0 Å². The summed E-state index contributed by atoms with van der Waals surface area (Å²) in [5.41, 5.74) is 0.475. The predicted molar refractivity (Wildman–Crippen MR) is 92.7 cm³/mol. The van der Waals surface area contributed by atoms with Crippen molar-refractivity contribution in [1.29, 1.82) is 0 Å². The van der Waals surface area contributed by atoms with Crippen molar-refractivity contribution in [3.05, 3.63) is 29.8 Å². The third-order valence-corrected chi connectivity index (χ3v) is 4.80. The SMILES string of the molecule is CCNC(=NCc1cccc(OC)c1)NCC1(O)CCSC1. The first kappa shape index (κ1) is 17.0. The highest BCUT2D eigenvalue weighted by atomic mass is 32.2. The minimum atomic E-state index is -0.614. The zero-order valence-electron chi connectivity index (χ0n) is 13.3. The summed E-state index contributed by atoms with van der Waals surface area (Å²) in [7, 11) is 1.66. The van der Waals surface area contributed by atoms with Crippen LogP contribution in [0.4, 0.5) is 0 Å². The van der Waals surface area contributed by atoms with Crippen LogP contribution in [0.3, 0.4) is 0 Å². The first-order valence-corrected chi connectivity index (χ1v) is 8.76. The predicted octanol–water partition coefficient (Wildman–Crippen LogP) is 1.62. The van der Waals surface area contributed by atoms with Crippen LogP contribution in [-0.2, 0) is 6.54 Å². The van der Waals surface area contributed by atoms with Gasteiger partial charge in [0.1, 0.15) is 5.75 Å². The lowest BCUT2D eigenvalue weighted by Gasteiger charge is -2.23. The Morgan fingerprint density at radius 3 is 3.00 bits per heavy atom. The van der Waals surface area contributed by atoms with Crippen LogP contribution >= 0.6 is 11.8 Å². The molecule has 1 aromatic rings. The van der Waals surface area contributed by atoms with Gasteiger partial charge in [-0.25, -0.2) is 4.99 Å². The van der Waals surface area contributed by atoms with Crippen LogP contribution < -0.4 is 15.4 Å². The molecule has 0 aromatic heterocycles. The van der Waals surface area contributed by atoms with Crippen molar-refractivity contribution in [3.63, 3.8) is 0 Å². The van der Waals surface area contributed by atoms with Crippen molar-refractivity contribution >= 4 is 17.7 Å². The lowest BCUT2D eigenvalue weighted by Crippen LogP contribution is -2.47. The fourth-order valence-electron chi connectivity index (χ4n) is 2.27. The molecule has 22 heavy (non-hydrogen) atoms. The molecule has 122 valence electrons. The van der Waals surface area contributed by atoms with E-state index in [2.05, 4.69) is 15.6 Å². The maximum absolute atomic E-state index is 10.4. The fourth-order valence-corrected chi connectivity index (χ4v) is 3.56. The molecule has 1 atom stereocenters. The largest absolute Gasteiger partial charge is 0.497 e. The number of benzene rings is 1. The Kier molecular flexibility index (Phi) is 6.39. The summed E-state index contributed by atoms with van der Waals surface area (Å²) < 4.78 is 5.22. The van der Waals surface area contributed by atoms with E-state index in [0.29, 0.717) is 13.1 Å². The van der Waals surface area contributed by atoms with Crippen LogP contribution in [0.1, 0.15) is 18.9 Å². The van der Waals surface area contributed by atoms with Crippen LogP contribution in [0.15, 0.2) is 29.3 Å². The number of hydrogen-bond donors (Lipinski definition) is 3. The van der Waals surface area contributed by atoms with Gasteiger partial charge in [-0.15, -0.1) is 0 Å². The minimum Gasteiger partial charge on any atom is -0.497 e. The molecule has 0 radical (unpaired) electrons. The molecule has 2 rings (SSSR count). The summed E-state index contributed by atoms with van der Waals surface area (Å²) in [6, 6.07) is 7.89. The van der Waals surface area contributed by atoms with Crippen molar-refractivity contribution < 1.29 is 9.84 Å². The maximum atomic E-state index is 10.4. The second kappa shape index (κ2) is 8.29. The third kappa shape index (κ3) is 5.10. The first-order chi connectivity index (χ1) is 10.6. The number of nitrogens with zero attached hydrogens (tertiary/aromatic N) is 1. The summed E-state index contributed by atoms with van der Waals surface area (Å²) in [6.45, 7) is 3.92. The monoisotopic (exact) mass is 323 g/mol. The second-order valence-corrected chi connectivity index (χ2v) is 6.53. The van der Waals surface area contributed by atoms with Crippen molar-refractivity contribution in [3.8, 4) is 5.75 Å². The summed E-state index contributed by atoms with van der Waals surface area (Å²) in [6.07, 6.45) is 0.833. The van der Waals surface area contributed by atoms with Crippen molar-refractivity contribution in [2.75, 3.05) is 31.7 Å². The molecule has 0 spiro atoms. The van der Waals surface area contributed by atoms with E-state index < -0.39 is 5.60 Å².